The van der Waals surface area contributed by atoms with Crippen molar-refractivity contribution in [3.8, 4) is 5.75 Å². The van der Waals surface area contributed by atoms with Crippen LogP contribution in [-0.4, -0.2) is 22.6 Å². The molecule has 25 heavy (non-hydrogen) atoms. The highest BCUT2D eigenvalue weighted by molar-refractivity contribution is 5.77. The predicted molar refractivity (Wildman–Crippen MR) is 93.8 cm³/mol. The Labute approximate surface area is 145 Å². The molecule has 0 aliphatic rings. The molecule has 3 rings (SSSR count). The number of methoxy groups -OCH3 is 1. The van der Waals surface area contributed by atoms with Gasteiger partial charge in [-0.2, -0.15) is 0 Å². The van der Waals surface area contributed by atoms with Crippen molar-refractivity contribution in [2.75, 3.05) is 7.11 Å². The predicted octanol–water partition coefficient (Wildman–Crippen LogP) is 2.97. The number of halogens is 1. The number of hydrogen-bond donors (Lipinski definition) is 1. The van der Waals surface area contributed by atoms with Gasteiger partial charge in [0.2, 0.25) is 5.91 Å². The summed E-state index contributed by atoms with van der Waals surface area (Å²) in [5.74, 6) is 0.489. The van der Waals surface area contributed by atoms with Crippen LogP contribution in [0.2, 0.25) is 0 Å². The van der Waals surface area contributed by atoms with E-state index >= 15 is 0 Å². The fraction of sp³-hybridized carbons (Fsp3) is 0.263. The van der Waals surface area contributed by atoms with Gasteiger partial charge in [-0.3, -0.25) is 4.79 Å². The van der Waals surface area contributed by atoms with Gasteiger partial charge in [-0.05, 0) is 36.2 Å². The monoisotopic (exact) mass is 341 g/mol. The molecule has 0 saturated carbocycles. The number of imidazole rings is 1. The number of rotatable bonds is 6. The maximum Gasteiger partial charge on any atom is 0.220 e. The molecule has 2 aromatic carbocycles. The molecular weight excluding hydrogens is 321 g/mol. The topological polar surface area (TPSA) is 56.1 Å². The van der Waals surface area contributed by atoms with Crippen molar-refractivity contribution in [1.29, 1.82) is 0 Å². The Kier molecular flexibility index (Phi) is 4.97. The first-order chi connectivity index (χ1) is 12.1. The molecule has 0 saturated heterocycles. The lowest BCUT2D eigenvalue weighted by Crippen LogP contribution is -2.24. The Morgan fingerprint density at radius 2 is 2.08 bits per heavy atom. The van der Waals surface area contributed by atoms with Crippen LogP contribution >= 0.6 is 0 Å². The third-order valence-electron chi connectivity index (χ3n) is 4.18. The number of aromatic nitrogens is 2. The van der Waals surface area contributed by atoms with Crippen molar-refractivity contribution >= 4 is 16.9 Å². The zero-order valence-corrected chi connectivity index (χ0v) is 14.3. The van der Waals surface area contributed by atoms with Crippen LogP contribution in [-0.2, 0) is 24.8 Å². The maximum absolute atomic E-state index is 13.7. The fourth-order valence-electron chi connectivity index (χ4n) is 2.74. The van der Waals surface area contributed by atoms with Crippen molar-refractivity contribution in [3.63, 3.8) is 0 Å². The molecule has 130 valence electrons. The molecule has 1 amide bonds. The largest absolute Gasteiger partial charge is 0.494 e. The Balaban J connectivity index is 1.55. The number of ether oxygens (including phenoxy) is 1. The summed E-state index contributed by atoms with van der Waals surface area (Å²) in [5, 5.41) is 2.87. The van der Waals surface area contributed by atoms with Gasteiger partial charge in [0.1, 0.15) is 5.82 Å². The van der Waals surface area contributed by atoms with Gasteiger partial charge in [0.15, 0.2) is 11.6 Å². The van der Waals surface area contributed by atoms with Gasteiger partial charge >= 0.3 is 0 Å². The highest BCUT2D eigenvalue weighted by Gasteiger charge is 2.10. The average Bonchev–Trinajstić information content (AvgIpc) is 2.94. The molecule has 1 aromatic heterocycles. The number of nitrogens with zero attached hydrogens (tertiary/aromatic N) is 2. The molecule has 0 aliphatic heterocycles. The quantitative estimate of drug-likeness (QED) is 0.750. The number of aryl methyl sites for hydroxylation is 2. The minimum absolute atomic E-state index is 0.0942. The number of amides is 1. The van der Waals surface area contributed by atoms with E-state index in [-0.39, 0.29) is 18.1 Å². The first-order valence-electron chi connectivity index (χ1n) is 8.08. The minimum Gasteiger partial charge on any atom is -0.494 e. The van der Waals surface area contributed by atoms with Crippen molar-refractivity contribution in [3.05, 3.63) is 59.7 Å². The summed E-state index contributed by atoms with van der Waals surface area (Å²) in [6, 6.07) is 12.6. The van der Waals surface area contributed by atoms with Gasteiger partial charge < -0.3 is 14.6 Å². The van der Waals surface area contributed by atoms with Crippen molar-refractivity contribution < 1.29 is 13.9 Å². The van der Waals surface area contributed by atoms with Gasteiger partial charge in [0, 0.05) is 13.5 Å². The normalized spacial score (nSPS) is 10.8. The molecule has 0 aliphatic carbocycles. The SMILES string of the molecule is COc1ccc(CCC(=O)NCc2nc3ccccc3n2C)cc1F. The lowest BCUT2D eigenvalue weighted by molar-refractivity contribution is -0.121. The zero-order valence-electron chi connectivity index (χ0n) is 14.3. The minimum atomic E-state index is -0.417. The third kappa shape index (κ3) is 3.79. The summed E-state index contributed by atoms with van der Waals surface area (Å²) in [4.78, 5) is 16.6. The molecular formula is C19H20FN3O2. The number of fused-ring (bicyclic) bond motifs is 1. The Hall–Kier alpha value is -2.89. The Bertz CT molecular complexity index is 905. The highest BCUT2D eigenvalue weighted by Crippen LogP contribution is 2.18. The molecule has 5 nitrogen and oxygen atoms in total. The Morgan fingerprint density at radius 3 is 2.80 bits per heavy atom. The Morgan fingerprint density at radius 1 is 1.28 bits per heavy atom. The van der Waals surface area contributed by atoms with Crippen molar-refractivity contribution in [2.24, 2.45) is 7.05 Å². The van der Waals surface area contributed by atoms with Crippen LogP contribution in [0.5, 0.6) is 5.75 Å². The summed E-state index contributed by atoms with van der Waals surface area (Å²) >= 11 is 0. The van der Waals surface area contributed by atoms with Crippen LogP contribution in [0.3, 0.4) is 0 Å². The number of benzene rings is 2. The van der Waals surface area contributed by atoms with Crippen LogP contribution in [0.15, 0.2) is 42.5 Å². The molecule has 0 radical (unpaired) electrons. The molecule has 3 aromatic rings. The first kappa shape index (κ1) is 17.0. The summed E-state index contributed by atoms with van der Waals surface area (Å²) in [5.41, 5.74) is 2.69. The average molecular weight is 341 g/mol. The van der Waals surface area contributed by atoms with Crippen LogP contribution in [0, 0.1) is 5.82 Å². The summed E-state index contributed by atoms with van der Waals surface area (Å²) < 4.78 is 20.5. The van der Waals surface area contributed by atoms with E-state index in [9.17, 15) is 9.18 Å². The van der Waals surface area contributed by atoms with Gasteiger partial charge in [-0.15, -0.1) is 0 Å². The molecule has 1 heterocycles. The molecule has 0 bridgehead atoms. The second-order valence-electron chi connectivity index (χ2n) is 5.82. The van der Waals surface area contributed by atoms with E-state index in [1.165, 1.54) is 13.2 Å². The summed E-state index contributed by atoms with van der Waals surface area (Å²) in [6.07, 6.45) is 0.755. The third-order valence-corrected chi connectivity index (χ3v) is 4.18. The van der Waals surface area contributed by atoms with Gasteiger partial charge in [-0.1, -0.05) is 18.2 Å². The van der Waals surface area contributed by atoms with Gasteiger partial charge in [-0.25, -0.2) is 9.37 Å². The summed E-state index contributed by atoms with van der Waals surface area (Å²) in [7, 11) is 3.35. The number of nitrogens with one attached hydrogen (secondary N) is 1. The van der Waals surface area contributed by atoms with Crippen LogP contribution in [0.1, 0.15) is 17.8 Å². The molecule has 0 fully saturated rings. The standard InChI is InChI=1S/C19H20FN3O2/c1-23-16-6-4-3-5-15(16)22-18(23)12-21-19(24)10-8-13-7-9-17(25-2)14(20)11-13/h3-7,9,11H,8,10,12H2,1-2H3,(H,21,24). The number of carbonyl (C=O) groups is 1. The summed E-state index contributed by atoms with van der Waals surface area (Å²) in [6.45, 7) is 0.362. The number of carbonyl (C=O) groups excluding carboxylic acids is 1. The van der Waals surface area contributed by atoms with Crippen LogP contribution < -0.4 is 10.1 Å². The van der Waals surface area contributed by atoms with E-state index in [4.69, 9.17) is 4.74 Å². The van der Waals surface area contributed by atoms with E-state index in [1.807, 2.05) is 35.9 Å². The lowest BCUT2D eigenvalue weighted by atomic mass is 10.1. The smallest absolute Gasteiger partial charge is 0.220 e. The second-order valence-corrected chi connectivity index (χ2v) is 5.82. The van der Waals surface area contributed by atoms with Crippen molar-refractivity contribution in [1.82, 2.24) is 14.9 Å². The molecule has 6 heteroatoms. The van der Waals surface area contributed by atoms with E-state index in [0.717, 1.165) is 22.4 Å². The number of para-hydroxylation sites is 2. The van der Waals surface area contributed by atoms with E-state index < -0.39 is 5.82 Å². The van der Waals surface area contributed by atoms with Crippen molar-refractivity contribution in [2.45, 2.75) is 19.4 Å². The molecule has 0 unspecified atom stereocenters. The molecule has 0 atom stereocenters. The molecule has 0 spiro atoms. The van der Waals surface area contributed by atoms with E-state index in [2.05, 4.69) is 10.3 Å². The van der Waals surface area contributed by atoms with Gasteiger partial charge in [0.25, 0.3) is 0 Å². The molecule has 1 N–H and O–H groups in total. The van der Waals surface area contributed by atoms with E-state index in [1.54, 1.807) is 12.1 Å². The lowest BCUT2D eigenvalue weighted by Gasteiger charge is -2.07. The van der Waals surface area contributed by atoms with Gasteiger partial charge in [0.05, 0.1) is 24.7 Å². The van der Waals surface area contributed by atoms with Crippen LogP contribution in [0.25, 0.3) is 11.0 Å². The second kappa shape index (κ2) is 7.34. The maximum atomic E-state index is 13.7. The fourth-order valence-corrected chi connectivity index (χ4v) is 2.74. The van der Waals surface area contributed by atoms with E-state index in [0.29, 0.717) is 13.0 Å². The number of hydrogen-bond acceptors (Lipinski definition) is 3. The first-order valence-corrected chi connectivity index (χ1v) is 8.08. The van der Waals surface area contributed by atoms with Crippen LogP contribution in [0.4, 0.5) is 4.39 Å². The highest BCUT2D eigenvalue weighted by atomic mass is 19.1. The zero-order chi connectivity index (χ0) is 17.8.